The van der Waals surface area contributed by atoms with E-state index >= 15 is 0 Å². The van der Waals surface area contributed by atoms with Crippen molar-refractivity contribution in [1.29, 1.82) is 0 Å². The lowest BCUT2D eigenvalue weighted by molar-refractivity contribution is -0.134. The van der Waals surface area contributed by atoms with Crippen molar-refractivity contribution in [1.82, 2.24) is 14.7 Å². The molecule has 1 aliphatic heterocycles. The van der Waals surface area contributed by atoms with Gasteiger partial charge in [-0.1, -0.05) is 6.92 Å². The summed E-state index contributed by atoms with van der Waals surface area (Å²) in [6, 6.07) is 0.448. The Bertz CT molecular complexity index is 321. The Kier molecular flexibility index (Phi) is 6.45. The molecule has 2 aliphatic rings. The monoisotopic (exact) mass is 297 g/mol. The Morgan fingerprint density at radius 2 is 1.67 bits per heavy atom. The van der Waals surface area contributed by atoms with Crippen molar-refractivity contribution in [3.05, 3.63) is 0 Å². The zero-order chi connectivity index (χ0) is 15.2. The molecule has 0 radical (unpaired) electrons. The summed E-state index contributed by atoms with van der Waals surface area (Å²) in [5, 5.41) is 8.95. The van der Waals surface area contributed by atoms with E-state index in [0.29, 0.717) is 12.6 Å². The fourth-order valence-corrected chi connectivity index (χ4v) is 3.45. The molecular weight excluding hydrogens is 266 g/mol. The van der Waals surface area contributed by atoms with E-state index in [0.717, 1.165) is 51.5 Å². The van der Waals surface area contributed by atoms with Gasteiger partial charge in [0.2, 0.25) is 5.91 Å². The number of amides is 1. The molecule has 5 heteroatoms. The molecule has 0 spiro atoms. The summed E-state index contributed by atoms with van der Waals surface area (Å²) in [6.45, 7) is 7.61. The lowest BCUT2D eigenvalue weighted by Gasteiger charge is -2.37. The van der Waals surface area contributed by atoms with E-state index in [9.17, 15) is 4.79 Å². The number of carbonyl (C=O) groups excluding carboxylic acids is 1. The highest BCUT2D eigenvalue weighted by Crippen LogP contribution is 2.26. The van der Waals surface area contributed by atoms with Gasteiger partial charge in [-0.15, -0.1) is 0 Å². The molecule has 0 aromatic heterocycles. The Balaban J connectivity index is 1.71. The third-order valence-electron chi connectivity index (χ3n) is 5.17. The summed E-state index contributed by atoms with van der Waals surface area (Å²) in [6.07, 6.45) is 4.83. The zero-order valence-corrected chi connectivity index (χ0v) is 13.6. The molecule has 21 heavy (non-hydrogen) atoms. The SMILES string of the molecule is CC1CCC(N(C)C(=O)CN2CCN(CCO)CC2)CC1. The van der Waals surface area contributed by atoms with Gasteiger partial charge in [-0.05, 0) is 31.6 Å². The average molecular weight is 297 g/mol. The molecule has 0 aromatic rings. The summed E-state index contributed by atoms with van der Waals surface area (Å²) >= 11 is 0. The quantitative estimate of drug-likeness (QED) is 0.809. The van der Waals surface area contributed by atoms with Crippen LogP contribution in [-0.2, 0) is 4.79 Å². The molecule has 2 rings (SSSR count). The first-order chi connectivity index (χ1) is 10.1. The molecule has 122 valence electrons. The Hall–Kier alpha value is -0.650. The maximum Gasteiger partial charge on any atom is 0.236 e. The van der Waals surface area contributed by atoms with E-state index in [1.807, 2.05) is 11.9 Å². The molecule has 1 N–H and O–H groups in total. The second-order valence-corrected chi connectivity index (χ2v) is 6.76. The van der Waals surface area contributed by atoms with Crippen LogP contribution in [0, 0.1) is 5.92 Å². The van der Waals surface area contributed by atoms with Gasteiger partial charge in [-0.3, -0.25) is 14.6 Å². The number of hydrogen-bond donors (Lipinski definition) is 1. The van der Waals surface area contributed by atoms with Crippen molar-refractivity contribution in [2.24, 2.45) is 5.92 Å². The minimum Gasteiger partial charge on any atom is -0.395 e. The number of nitrogens with zero attached hydrogens (tertiary/aromatic N) is 3. The van der Waals surface area contributed by atoms with E-state index < -0.39 is 0 Å². The van der Waals surface area contributed by atoms with Gasteiger partial charge in [0.05, 0.1) is 13.2 Å². The largest absolute Gasteiger partial charge is 0.395 e. The molecule has 1 aliphatic carbocycles. The van der Waals surface area contributed by atoms with Gasteiger partial charge < -0.3 is 10.0 Å². The smallest absolute Gasteiger partial charge is 0.236 e. The van der Waals surface area contributed by atoms with E-state index in [-0.39, 0.29) is 12.5 Å². The van der Waals surface area contributed by atoms with Gasteiger partial charge in [-0.2, -0.15) is 0 Å². The maximum absolute atomic E-state index is 12.4. The summed E-state index contributed by atoms with van der Waals surface area (Å²) in [5.41, 5.74) is 0. The molecule has 0 bridgehead atoms. The first-order valence-electron chi connectivity index (χ1n) is 8.41. The first-order valence-corrected chi connectivity index (χ1v) is 8.41. The van der Waals surface area contributed by atoms with Crippen LogP contribution in [0.1, 0.15) is 32.6 Å². The molecule has 5 nitrogen and oxygen atoms in total. The number of β-amino-alcohol motifs (C(OH)–C–C–N with tert-alkyl or cyclic N) is 1. The Morgan fingerprint density at radius 3 is 2.24 bits per heavy atom. The average Bonchev–Trinajstić information content (AvgIpc) is 2.49. The predicted octanol–water partition coefficient (Wildman–Crippen LogP) is 0.633. The second kappa shape index (κ2) is 8.11. The number of aliphatic hydroxyl groups excluding tert-OH is 1. The fourth-order valence-electron chi connectivity index (χ4n) is 3.45. The third kappa shape index (κ3) is 4.94. The fraction of sp³-hybridized carbons (Fsp3) is 0.938. The van der Waals surface area contributed by atoms with Gasteiger partial charge >= 0.3 is 0 Å². The highest BCUT2D eigenvalue weighted by molar-refractivity contribution is 5.78. The summed E-state index contributed by atoms with van der Waals surface area (Å²) in [5.74, 6) is 1.09. The first kappa shape index (κ1) is 16.7. The van der Waals surface area contributed by atoms with Crippen LogP contribution >= 0.6 is 0 Å². The summed E-state index contributed by atoms with van der Waals surface area (Å²) in [7, 11) is 1.98. The molecule has 1 heterocycles. The molecule has 0 unspecified atom stereocenters. The van der Waals surface area contributed by atoms with E-state index in [2.05, 4.69) is 16.7 Å². The number of aliphatic hydroxyl groups is 1. The van der Waals surface area contributed by atoms with E-state index in [4.69, 9.17) is 5.11 Å². The van der Waals surface area contributed by atoms with Crippen molar-refractivity contribution in [3.63, 3.8) is 0 Å². The molecular formula is C16H31N3O2. The minimum atomic E-state index is 0.224. The Morgan fingerprint density at radius 1 is 1.10 bits per heavy atom. The topological polar surface area (TPSA) is 47.0 Å². The van der Waals surface area contributed by atoms with Gasteiger partial charge in [0, 0.05) is 45.8 Å². The minimum absolute atomic E-state index is 0.224. The van der Waals surface area contributed by atoms with Crippen molar-refractivity contribution >= 4 is 5.91 Å². The van der Waals surface area contributed by atoms with Crippen molar-refractivity contribution in [2.45, 2.75) is 38.6 Å². The van der Waals surface area contributed by atoms with Crippen LogP contribution in [0.4, 0.5) is 0 Å². The molecule has 1 saturated heterocycles. The summed E-state index contributed by atoms with van der Waals surface area (Å²) < 4.78 is 0. The molecule has 2 fully saturated rings. The highest BCUT2D eigenvalue weighted by Gasteiger charge is 2.26. The number of likely N-dealkylation sites (N-methyl/N-ethyl adjacent to an activating group) is 1. The van der Waals surface area contributed by atoms with Crippen LogP contribution in [0.2, 0.25) is 0 Å². The maximum atomic E-state index is 12.4. The molecule has 0 atom stereocenters. The highest BCUT2D eigenvalue weighted by atomic mass is 16.3. The van der Waals surface area contributed by atoms with Gasteiger partial charge in [0.25, 0.3) is 0 Å². The van der Waals surface area contributed by atoms with Crippen LogP contribution in [0.25, 0.3) is 0 Å². The van der Waals surface area contributed by atoms with Crippen molar-refractivity contribution in [2.75, 3.05) is 52.9 Å². The van der Waals surface area contributed by atoms with Crippen LogP contribution in [0.5, 0.6) is 0 Å². The van der Waals surface area contributed by atoms with Gasteiger partial charge in [0.1, 0.15) is 0 Å². The Labute approximate surface area is 128 Å². The van der Waals surface area contributed by atoms with Crippen LogP contribution in [0.3, 0.4) is 0 Å². The van der Waals surface area contributed by atoms with E-state index in [1.54, 1.807) is 0 Å². The van der Waals surface area contributed by atoms with Gasteiger partial charge in [-0.25, -0.2) is 0 Å². The van der Waals surface area contributed by atoms with Crippen LogP contribution < -0.4 is 0 Å². The second-order valence-electron chi connectivity index (χ2n) is 6.76. The standard InChI is InChI=1S/C16H31N3O2/c1-14-3-5-15(6-4-14)17(2)16(21)13-19-9-7-18(8-10-19)11-12-20/h14-15,20H,3-13H2,1-2H3. The third-order valence-corrected chi connectivity index (χ3v) is 5.17. The number of rotatable bonds is 5. The zero-order valence-electron chi connectivity index (χ0n) is 13.6. The van der Waals surface area contributed by atoms with Gasteiger partial charge in [0.15, 0.2) is 0 Å². The number of piperazine rings is 1. The number of hydrogen-bond acceptors (Lipinski definition) is 4. The predicted molar refractivity (Wildman–Crippen MR) is 84.2 cm³/mol. The lowest BCUT2D eigenvalue weighted by atomic mass is 9.87. The summed E-state index contributed by atoms with van der Waals surface area (Å²) in [4.78, 5) is 18.9. The molecule has 1 amide bonds. The van der Waals surface area contributed by atoms with Crippen LogP contribution in [-0.4, -0.2) is 84.7 Å². The van der Waals surface area contributed by atoms with Crippen molar-refractivity contribution < 1.29 is 9.90 Å². The van der Waals surface area contributed by atoms with E-state index in [1.165, 1.54) is 12.8 Å². The van der Waals surface area contributed by atoms with Crippen LogP contribution in [0.15, 0.2) is 0 Å². The van der Waals surface area contributed by atoms with Crippen molar-refractivity contribution in [3.8, 4) is 0 Å². The molecule has 1 saturated carbocycles. The lowest BCUT2D eigenvalue weighted by Crippen LogP contribution is -2.51. The normalized spacial score (nSPS) is 28.5. The number of carbonyl (C=O) groups is 1. The molecule has 0 aromatic carbocycles.